The number of rotatable bonds is 11. The van der Waals surface area contributed by atoms with Gasteiger partial charge in [-0.1, -0.05) is 23.2 Å². The Morgan fingerprint density at radius 3 is 2.27 bits per heavy atom. The maximum absolute atomic E-state index is 13.2. The van der Waals surface area contributed by atoms with Crippen LogP contribution in [0.15, 0.2) is 36.4 Å². The zero-order valence-electron chi connectivity index (χ0n) is 23.4. The van der Waals surface area contributed by atoms with Crippen LogP contribution >= 0.6 is 23.2 Å². The molecule has 0 spiro atoms. The molecule has 2 heterocycles. The number of hydrogen-bond acceptors (Lipinski definition) is 8. The van der Waals surface area contributed by atoms with E-state index >= 15 is 0 Å². The maximum Gasteiger partial charge on any atom is 0.490 e. The molecule has 2 aromatic rings. The Labute approximate surface area is 263 Å². The summed E-state index contributed by atoms with van der Waals surface area (Å²) >= 11 is 12.0. The van der Waals surface area contributed by atoms with Gasteiger partial charge in [-0.2, -0.15) is 13.2 Å². The molecule has 0 saturated carbocycles. The van der Waals surface area contributed by atoms with Crippen molar-refractivity contribution < 1.29 is 55.7 Å². The van der Waals surface area contributed by atoms with Crippen molar-refractivity contribution in [3.05, 3.63) is 52.0 Å². The van der Waals surface area contributed by atoms with Crippen molar-refractivity contribution in [2.45, 2.75) is 43.6 Å². The van der Waals surface area contributed by atoms with E-state index in [9.17, 15) is 36.3 Å². The first kappa shape index (κ1) is 34.3. The third kappa shape index (κ3) is 9.23. The lowest BCUT2D eigenvalue weighted by molar-refractivity contribution is -0.204. The molecule has 1 amide bonds. The highest BCUT2D eigenvalue weighted by molar-refractivity contribution is 6.32. The largest absolute Gasteiger partial charge is 0.490 e. The lowest BCUT2D eigenvalue weighted by atomic mass is 10.0. The van der Waals surface area contributed by atoms with Gasteiger partial charge in [0.1, 0.15) is 24.2 Å². The molecule has 10 nitrogen and oxygen atoms in total. The van der Waals surface area contributed by atoms with Crippen molar-refractivity contribution in [1.29, 1.82) is 0 Å². The van der Waals surface area contributed by atoms with Gasteiger partial charge in [0.15, 0.2) is 6.61 Å². The molecule has 246 valence electrons. The molecule has 0 bridgehead atoms. The highest BCUT2D eigenvalue weighted by Gasteiger charge is 2.46. The number of anilines is 1. The summed E-state index contributed by atoms with van der Waals surface area (Å²) < 4.78 is 80.3. The number of aliphatic carboxylic acids is 1. The molecule has 2 fully saturated rings. The van der Waals surface area contributed by atoms with Gasteiger partial charge in [0, 0.05) is 48.4 Å². The van der Waals surface area contributed by atoms with Crippen LogP contribution in [0.1, 0.15) is 23.2 Å². The Balaban J connectivity index is 1.52. The van der Waals surface area contributed by atoms with Crippen LogP contribution in [0.5, 0.6) is 11.5 Å². The minimum Gasteiger partial charge on any atom is -0.486 e. The van der Waals surface area contributed by atoms with Crippen molar-refractivity contribution in [1.82, 2.24) is 10.2 Å². The van der Waals surface area contributed by atoms with Crippen molar-refractivity contribution >= 4 is 46.7 Å². The molecule has 0 unspecified atom stereocenters. The van der Waals surface area contributed by atoms with Crippen molar-refractivity contribution in [3.8, 4) is 11.5 Å². The van der Waals surface area contributed by atoms with Crippen LogP contribution in [0, 0.1) is 0 Å². The van der Waals surface area contributed by atoms with Crippen LogP contribution in [0.2, 0.25) is 10.0 Å². The fourth-order valence-electron chi connectivity index (χ4n) is 5.07. The first-order valence-electron chi connectivity index (χ1n) is 13.6. The molecule has 2 atom stereocenters. The lowest BCUT2D eigenvalue weighted by Crippen LogP contribution is -2.52. The Kier molecular flexibility index (Phi) is 11.2. The molecule has 2 aliphatic rings. The zero-order valence-corrected chi connectivity index (χ0v) is 24.9. The molecule has 4 rings (SSSR count). The first-order valence-corrected chi connectivity index (χ1v) is 14.4. The van der Waals surface area contributed by atoms with E-state index in [2.05, 4.69) is 5.32 Å². The van der Waals surface area contributed by atoms with Gasteiger partial charge >= 0.3 is 18.1 Å². The average molecular weight is 684 g/mol. The van der Waals surface area contributed by atoms with E-state index < -0.39 is 49.9 Å². The number of carboxylic acids is 1. The minimum absolute atomic E-state index is 0.0565. The molecular weight excluding hydrogens is 656 g/mol. The second-order valence-electron chi connectivity index (χ2n) is 10.3. The summed E-state index contributed by atoms with van der Waals surface area (Å²) in [6.07, 6.45) is -8.56. The monoisotopic (exact) mass is 683 g/mol. The topological polar surface area (TPSA) is 118 Å². The summed E-state index contributed by atoms with van der Waals surface area (Å²) in [6.45, 7) is -1.49. The normalized spacial score (nSPS) is 19.1. The van der Waals surface area contributed by atoms with Gasteiger partial charge in [0.05, 0.1) is 23.3 Å². The number of hydrogen-bond donors (Lipinski definition) is 2. The molecule has 2 aliphatic heterocycles. The van der Waals surface area contributed by atoms with Crippen molar-refractivity contribution in [3.63, 3.8) is 0 Å². The number of benzene rings is 2. The standard InChI is InChI=1S/C28H28Cl2F5N3O7/c29-16-3-1-15(2-4-16)26(41)37-7-5-17(6-8-37)36-19-11-38(12-23(19)45-27(42)28(33,34)35)20-10-21(43-13-24(31)32)18(30)9-22(20)44-14-25(39)40/h1-4,9-10,17,19,23-24,36H,5-8,11-14H2,(H,39,40)/t19-,23-/m0/s1. The molecule has 0 radical (unpaired) electrons. The van der Waals surface area contributed by atoms with E-state index in [4.69, 9.17) is 42.5 Å². The van der Waals surface area contributed by atoms with Crippen LogP contribution in [-0.2, 0) is 14.3 Å². The van der Waals surface area contributed by atoms with Gasteiger partial charge < -0.3 is 34.4 Å². The van der Waals surface area contributed by atoms with Crippen LogP contribution < -0.4 is 19.7 Å². The van der Waals surface area contributed by atoms with E-state index in [0.29, 0.717) is 36.5 Å². The number of esters is 1. The Morgan fingerprint density at radius 2 is 1.67 bits per heavy atom. The van der Waals surface area contributed by atoms with Crippen LogP contribution in [-0.4, -0.2) is 98.0 Å². The molecule has 2 N–H and O–H groups in total. The fourth-order valence-corrected chi connectivity index (χ4v) is 5.41. The Bertz CT molecular complexity index is 1380. The number of amides is 1. The smallest absolute Gasteiger partial charge is 0.486 e. The highest BCUT2D eigenvalue weighted by Crippen LogP contribution is 2.40. The molecule has 0 aliphatic carbocycles. The number of ether oxygens (including phenoxy) is 3. The number of likely N-dealkylation sites (tertiary alicyclic amines) is 1. The second kappa shape index (κ2) is 14.7. The van der Waals surface area contributed by atoms with Gasteiger partial charge in [-0.3, -0.25) is 4.79 Å². The van der Waals surface area contributed by atoms with Gasteiger partial charge in [0.25, 0.3) is 12.3 Å². The number of nitrogens with zero attached hydrogens (tertiary/aromatic N) is 2. The second-order valence-corrected chi connectivity index (χ2v) is 11.2. The Morgan fingerprint density at radius 1 is 1.00 bits per heavy atom. The molecule has 0 aromatic heterocycles. The van der Waals surface area contributed by atoms with Gasteiger partial charge in [-0.25, -0.2) is 18.4 Å². The predicted molar refractivity (Wildman–Crippen MR) is 152 cm³/mol. The lowest BCUT2D eigenvalue weighted by Gasteiger charge is -2.34. The summed E-state index contributed by atoms with van der Waals surface area (Å²) in [4.78, 5) is 38.9. The van der Waals surface area contributed by atoms with E-state index in [0.717, 1.165) is 6.07 Å². The SMILES string of the molecule is O=C(O)COc1cc(Cl)c(OCC(F)F)cc1N1C[C@H](NC2CCN(C(=O)c3ccc(Cl)cc3)CC2)[C@@H](OC(=O)C(F)(F)F)C1. The van der Waals surface area contributed by atoms with Gasteiger partial charge in [0.2, 0.25) is 0 Å². The number of nitrogens with one attached hydrogen (secondary N) is 1. The number of piperidine rings is 1. The third-order valence-corrected chi connectivity index (χ3v) is 7.70. The minimum atomic E-state index is -5.27. The molecule has 45 heavy (non-hydrogen) atoms. The van der Waals surface area contributed by atoms with E-state index in [1.54, 1.807) is 29.2 Å². The van der Waals surface area contributed by atoms with Gasteiger partial charge in [-0.15, -0.1) is 0 Å². The fraction of sp³-hybridized carbons (Fsp3) is 0.464. The number of carboxylic acid groups (broad SMARTS) is 1. The van der Waals surface area contributed by atoms with Crippen LogP contribution in [0.3, 0.4) is 0 Å². The summed E-state index contributed by atoms with van der Waals surface area (Å²) in [7, 11) is 0. The Hall–Kier alpha value is -3.56. The predicted octanol–water partition coefficient (Wildman–Crippen LogP) is 4.66. The van der Waals surface area contributed by atoms with Crippen molar-refractivity contribution in [2.24, 2.45) is 0 Å². The average Bonchev–Trinajstić information content (AvgIpc) is 3.36. The molecule has 2 saturated heterocycles. The molecule has 17 heteroatoms. The number of halogens is 7. The summed E-state index contributed by atoms with van der Waals surface area (Å²) in [5, 5.41) is 12.6. The summed E-state index contributed by atoms with van der Waals surface area (Å²) in [5.41, 5.74) is 0.530. The highest BCUT2D eigenvalue weighted by atomic mass is 35.5. The third-order valence-electron chi connectivity index (χ3n) is 7.15. The molecular formula is C28H28Cl2F5N3O7. The molecule has 2 aromatic carbocycles. The van der Waals surface area contributed by atoms with Crippen LogP contribution in [0.4, 0.5) is 27.6 Å². The quantitative estimate of drug-likeness (QED) is 0.258. The summed E-state index contributed by atoms with van der Waals surface area (Å²) in [5.74, 6) is -4.25. The van der Waals surface area contributed by atoms with Crippen LogP contribution in [0.25, 0.3) is 0 Å². The number of alkyl halides is 5. The number of carbonyl (C=O) groups excluding carboxylic acids is 2. The van der Waals surface area contributed by atoms with E-state index in [1.165, 1.54) is 11.0 Å². The van der Waals surface area contributed by atoms with E-state index in [-0.39, 0.29) is 47.2 Å². The van der Waals surface area contributed by atoms with Crippen molar-refractivity contribution in [2.75, 3.05) is 44.3 Å². The zero-order chi connectivity index (χ0) is 32.9. The summed E-state index contributed by atoms with van der Waals surface area (Å²) in [6, 6.07) is 7.64. The first-order chi connectivity index (χ1) is 21.2. The van der Waals surface area contributed by atoms with E-state index in [1.807, 2.05) is 0 Å². The maximum atomic E-state index is 13.2. The van der Waals surface area contributed by atoms with Gasteiger partial charge in [-0.05, 0) is 37.1 Å². The number of carbonyl (C=O) groups is 3.